The fourth-order valence-electron chi connectivity index (χ4n) is 5.26. The van der Waals surface area contributed by atoms with E-state index in [-0.39, 0.29) is 29.4 Å². The third-order valence-corrected chi connectivity index (χ3v) is 8.70. The van der Waals surface area contributed by atoms with E-state index in [0.717, 1.165) is 39.2 Å². The Kier molecular flexibility index (Phi) is 8.24. The molecule has 5 aromatic rings. The molecule has 1 N–H and O–H groups in total. The highest BCUT2D eigenvalue weighted by Gasteiger charge is 2.38. The Morgan fingerprint density at radius 1 is 0.977 bits per heavy atom. The zero-order valence-corrected chi connectivity index (χ0v) is 24.8. The van der Waals surface area contributed by atoms with Crippen LogP contribution in [0.1, 0.15) is 27.5 Å². The number of hydrogen-bond donors (Lipinski definition) is 1. The van der Waals surface area contributed by atoms with Crippen molar-refractivity contribution in [2.24, 2.45) is 0 Å². The molecule has 9 heteroatoms. The summed E-state index contributed by atoms with van der Waals surface area (Å²) in [4.78, 5) is 33.0. The molecule has 2 amide bonds. The molecule has 6 rings (SSSR count). The summed E-state index contributed by atoms with van der Waals surface area (Å²) in [5.41, 5.74) is 6.51. The van der Waals surface area contributed by atoms with Gasteiger partial charge in [0.05, 0.1) is 29.5 Å². The van der Waals surface area contributed by atoms with Crippen molar-refractivity contribution >= 4 is 29.4 Å². The van der Waals surface area contributed by atoms with Gasteiger partial charge >= 0.3 is 0 Å². The average molecular weight is 590 g/mol. The number of fused-ring (bicyclic) bond motifs is 1. The number of aryl methyl sites for hydroxylation is 1. The van der Waals surface area contributed by atoms with Gasteiger partial charge in [-0.2, -0.15) is 5.10 Å². The van der Waals surface area contributed by atoms with Crippen molar-refractivity contribution in [3.8, 4) is 22.7 Å². The second kappa shape index (κ2) is 12.5. The fourth-order valence-corrected chi connectivity index (χ4v) is 6.55. The van der Waals surface area contributed by atoms with Crippen LogP contribution in [0.4, 0.5) is 5.82 Å². The molecule has 0 saturated carbocycles. The second-order valence-corrected chi connectivity index (χ2v) is 11.3. The van der Waals surface area contributed by atoms with Gasteiger partial charge < -0.3 is 10.1 Å². The highest BCUT2D eigenvalue weighted by molar-refractivity contribution is 8.00. The number of benzene rings is 3. The zero-order chi connectivity index (χ0) is 29.8. The van der Waals surface area contributed by atoms with Crippen LogP contribution < -0.4 is 15.0 Å². The van der Waals surface area contributed by atoms with E-state index in [2.05, 4.69) is 29.4 Å². The number of nitrogens with one attached hydrogen (secondary N) is 1. The molecular formula is C34H31N5O3S. The third kappa shape index (κ3) is 5.89. The molecule has 43 heavy (non-hydrogen) atoms. The molecule has 2 aromatic heterocycles. The molecule has 0 fully saturated rings. The molecule has 0 aliphatic carbocycles. The van der Waals surface area contributed by atoms with Crippen LogP contribution in [0.5, 0.6) is 5.75 Å². The number of ether oxygens (including phenoxy) is 1. The molecule has 0 spiro atoms. The molecule has 216 valence electrons. The number of carbonyl (C=O) groups excluding carboxylic acids is 2. The highest BCUT2D eigenvalue weighted by atomic mass is 32.2. The first-order chi connectivity index (χ1) is 21.0. The van der Waals surface area contributed by atoms with Crippen LogP contribution in [0.2, 0.25) is 0 Å². The lowest BCUT2D eigenvalue weighted by Crippen LogP contribution is -2.42. The van der Waals surface area contributed by atoms with Gasteiger partial charge in [-0.25, -0.2) is 4.68 Å². The topological polar surface area (TPSA) is 89.3 Å². The Bertz CT molecular complexity index is 1740. The van der Waals surface area contributed by atoms with Gasteiger partial charge in [-0.3, -0.25) is 19.5 Å². The maximum atomic E-state index is 13.9. The normalized spacial score (nSPS) is 14.6. The molecule has 1 atom stereocenters. The minimum absolute atomic E-state index is 0.145. The largest absolute Gasteiger partial charge is 0.497 e. The number of amides is 2. The van der Waals surface area contributed by atoms with Crippen molar-refractivity contribution < 1.29 is 14.3 Å². The average Bonchev–Trinajstić information content (AvgIpc) is 3.38. The number of thioether (sulfide) groups is 1. The van der Waals surface area contributed by atoms with Crippen LogP contribution >= 0.6 is 11.8 Å². The number of pyridine rings is 1. The van der Waals surface area contributed by atoms with E-state index in [9.17, 15) is 9.59 Å². The lowest BCUT2D eigenvalue weighted by molar-refractivity contribution is -0.123. The molecule has 0 unspecified atom stereocenters. The van der Waals surface area contributed by atoms with Gasteiger partial charge in [-0.1, -0.05) is 54.6 Å². The van der Waals surface area contributed by atoms with Gasteiger partial charge in [0.2, 0.25) is 11.8 Å². The molecule has 0 bridgehead atoms. The summed E-state index contributed by atoms with van der Waals surface area (Å²) in [5, 5.41) is 7.93. The summed E-state index contributed by atoms with van der Waals surface area (Å²) in [6.45, 7) is 2.28. The van der Waals surface area contributed by atoms with Crippen LogP contribution in [0, 0.1) is 6.92 Å². The smallest absolute Gasteiger partial charge is 0.240 e. The monoisotopic (exact) mass is 589 g/mol. The number of rotatable bonds is 8. The van der Waals surface area contributed by atoms with Crippen LogP contribution in [-0.2, 0) is 16.1 Å². The summed E-state index contributed by atoms with van der Waals surface area (Å²) < 4.78 is 7.19. The summed E-state index contributed by atoms with van der Waals surface area (Å²) in [7, 11) is 1.62. The van der Waals surface area contributed by atoms with E-state index in [1.54, 1.807) is 40.8 Å². The summed E-state index contributed by atoms with van der Waals surface area (Å²) in [6, 6.07) is 29.5. The second-order valence-electron chi connectivity index (χ2n) is 10.2. The van der Waals surface area contributed by atoms with E-state index in [1.807, 2.05) is 78.9 Å². The molecule has 8 nitrogen and oxygen atoms in total. The molecule has 0 radical (unpaired) electrons. The lowest BCUT2D eigenvalue weighted by Gasteiger charge is -2.23. The first-order valence-electron chi connectivity index (χ1n) is 14.0. The predicted octanol–water partition coefficient (Wildman–Crippen LogP) is 5.74. The Hall–Kier alpha value is -4.89. The van der Waals surface area contributed by atoms with Gasteiger partial charge in [-0.05, 0) is 60.0 Å². The van der Waals surface area contributed by atoms with Crippen molar-refractivity contribution in [3.05, 3.63) is 126 Å². The Morgan fingerprint density at radius 2 is 1.70 bits per heavy atom. The van der Waals surface area contributed by atoms with Crippen LogP contribution in [-0.4, -0.2) is 46.0 Å². The summed E-state index contributed by atoms with van der Waals surface area (Å²) >= 11 is 1.56. The van der Waals surface area contributed by atoms with E-state index in [1.165, 1.54) is 0 Å². The summed E-state index contributed by atoms with van der Waals surface area (Å²) in [5.74, 6) is 1.09. The molecule has 3 heterocycles. The molecule has 1 aliphatic rings. The first-order valence-corrected chi connectivity index (χ1v) is 15.0. The Morgan fingerprint density at radius 3 is 2.42 bits per heavy atom. The molecule has 1 aliphatic heterocycles. The van der Waals surface area contributed by atoms with E-state index in [4.69, 9.17) is 9.84 Å². The standard InChI is InChI=1S/C34H31N5O3S/c1-23-8-6-7-11-28(23)33-31-32(25-9-4-3-5-10-25)37-39(26-12-14-27(42-2)15-13-26)34(31)38(30(41)22-43-33)21-29(40)36-20-24-16-18-35-19-17-24/h3-19,33H,20-22H2,1-2H3,(H,36,40)/t33-/m0/s1. The Labute approximate surface area is 254 Å². The van der Waals surface area contributed by atoms with Gasteiger partial charge in [-0.15, -0.1) is 11.8 Å². The number of aromatic nitrogens is 3. The van der Waals surface area contributed by atoms with E-state index >= 15 is 0 Å². The minimum Gasteiger partial charge on any atom is -0.497 e. The minimum atomic E-state index is -0.265. The van der Waals surface area contributed by atoms with E-state index < -0.39 is 0 Å². The van der Waals surface area contributed by atoms with Gasteiger partial charge in [0.25, 0.3) is 0 Å². The van der Waals surface area contributed by atoms with Crippen molar-refractivity contribution in [3.63, 3.8) is 0 Å². The first kappa shape index (κ1) is 28.2. The van der Waals surface area contributed by atoms with Crippen LogP contribution in [0.15, 0.2) is 103 Å². The number of carbonyl (C=O) groups is 2. The maximum Gasteiger partial charge on any atom is 0.240 e. The SMILES string of the molecule is COc1ccc(-n2nc(-c3ccccc3)c3c2N(CC(=O)NCc2ccncc2)C(=O)CS[C@H]3c2ccccc2C)cc1. The van der Waals surface area contributed by atoms with Gasteiger partial charge in [0.1, 0.15) is 18.1 Å². The zero-order valence-electron chi connectivity index (χ0n) is 23.9. The Balaban J connectivity index is 1.52. The molecule has 0 saturated heterocycles. The lowest BCUT2D eigenvalue weighted by atomic mass is 9.97. The fraction of sp³-hybridized carbons (Fsp3) is 0.176. The third-order valence-electron chi connectivity index (χ3n) is 7.46. The van der Waals surface area contributed by atoms with Crippen molar-refractivity contribution in [2.45, 2.75) is 18.7 Å². The maximum absolute atomic E-state index is 13.9. The van der Waals surface area contributed by atoms with Crippen LogP contribution in [0.3, 0.4) is 0 Å². The number of nitrogens with zero attached hydrogens (tertiary/aromatic N) is 4. The summed E-state index contributed by atoms with van der Waals surface area (Å²) in [6.07, 6.45) is 3.38. The number of hydrogen-bond acceptors (Lipinski definition) is 6. The molecular weight excluding hydrogens is 558 g/mol. The van der Waals surface area contributed by atoms with Crippen molar-refractivity contribution in [2.75, 3.05) is 24.3 Å². The van der Waals surface area contributed by atoms with E-state index in [0.29, 0.717) is 18.1 Å². The van der Waals surface area contributed by atoms with Crippen molar-refractivity contribution in [1.82, 2.24) is 20.1 Å². The quantitative estimate of drug-likeness (QED) is 0.249. The predicted molar refractivity (Wildman–Crippen MR) is 169 cm³/mol. The van der Waals surface area contributed by atoms with Gasteiger partial charge in [0, 0.05) is 30.1 Å². The highest BCUT2D eigenvalue weighted by Crippen LogP contribution is 2.49. The van der Waals surface area contributed by atoms with Crippen LogP contribution in [0.25, 0.3) is 16.9 Å². The van der Waals surface area contributed by atoms with Crippen molar-refractivity contribution in [1.29, 1.82) is 0 Å². The van der Waals surface area contributed by atoms with Gasteiger partial charge in [0.15, 0.2) is 0 Å². The number of anilines is 1. The molecule has 3 aromatic carbocycles. The number of methoxy groups -OCH3 is 1.